The molecule has 0 amide bonds. The highest BCUT2D eigenvalue weighted by Gasteiger charge is 2.23. The van der Waals surface area contributed by atoms with Crippen LogP contribution in [0.1, 0.15) is 35.1 Å². The third-order valence-electron chi connectivity index (χ3n) is 5.71. The number of ether oxygens (including phenoxy) is 1. The van der Waals surface area contributed by atoms with Gasteiger partial charge in [0.15, 0.2) is 5.75 Å². The van der Waals surface area contributed by atoms with Gasteiger partial charge in [-0.3, -0.25) is 0 Å². The van der Waals surface area contributed by atoms with Gasteiger partial charge in [-0.1, -0.05) is 29.8 Å². The number of rotatable bonds is 5. The van der Waals surface area contributed by atoms with Crippen molar-refractivity contribution in [2.45, 2.75) is 44.4 Å². The molecule has 4 rings (SSSR count). The Bertz CT molecular complexity index is 1180. The molecule has 0 radical (unpaired) electrons. The molecule has 0 atom stereocenters. The fourth-order valence-electron chi connectivity index (χ4n) is 4.10. The van der Waals surface area contributed by atoms with Crippen LogP contribution in [0.4, 0.5) is 0 Å². The molecule has 5 heteroatoms. The first-order valence-corrected chi connectivity index (χ1v) is 11.6. The molecule has 0 unspecified atom stereocenters. The van der Waals surface area contributed by atoms with Gasteiger partial charge in [0.05, 0.1) is 7.11 Å². The second-order valence-corrected chi connectivity index (χ2v) is 9.36. The van der Waals surface area contributed by atoms with Gasteiger partial charge in [-0.15, -0.1) is 0 Å². The molecule has 3 aromatic carbocycles. The Morgan fingerprint density at radius 2 is 1.60 bits per heavy atom. The van der Waals surface area contributed by atoms with Gasteiger partial charge in [0.1, 0.15) is 10.6 Å². The summed E-state index contributed by atoms with van der Waals surface area (Å²) in [5, 5.41) is 0. The first-order chi connectivity index (χ1) is 14.4. The topological polar surface area (TPSA) is 52.6 Å². The fourth-order valence-corrected chi connectivity index (χ4v) is 5.04. The van der Waals surface area contributed by atoms with Crippen molar-refractivity contribution in [2.24, 2.45) is 0 Å². The quantitative estimate of drug-likeness (QED) is 0.500. The molecule has 0 spiro atoms. The lowest BCUT2D eigenvalue weighted by atomic mass is 9.83. The third kappa shape index (κ3) is 3.94. The second kappa shape index (κ2) is 8.15. The van der Waals surface area contributed by atoms with Crippen LogP contribution < -0.4 is 8.92 Å². The molecule has 0 N–H and O–H groups in total. The van der Waals surface area contributed by atoms with Crippen LogP contribution in [0.5, 0.6) is 11.5 Å². The van der Waals surface area contributed by atoms with E-state index < -0.39 is 10.1 Å². The molecule has 0 fully saturated rings. The molecule has 4 nitrogen and oxygen atoms in total. The largest absolute Gasteiger partial charge is 0.497 e. The summed E-state index contributed by atoms with van der Waals surface area (Å²) >= 11 is 0. The van der Waals surface area contributed by atoms with Crippen molar-refractivity contribution in [3.8, 4) is 22.6 Å². The van der Waals surface area contributed by atoms with E-state index in [0.29, 0.717) is 11.5 Å². The normalized spacial score (nSPS) is 13.6. The number of methoxy groups -OCH3 is 1. The molecule has 0 saturated heterocycles. The summed E-state index contributed by atoms with van der Waals surface area (Å²) in [6.45, 7) is 3.97. The Balaban J connectivity index is 1.85. The molecule has 0 aromatic heterocycles. The minimum absolute atomic E-state index is 0.140. The molecule has 0 heterocycles. The van der Waals surface area contributed by atoms with Crippen molar-refractivity contribution in [3.05, 3.63) is 76.9 Å². The van der Waals surface area contributed by atoms with Gasteiger partial charge < -0.3 is 8.92 Å². The van der Waals surface area contributed by atoms with E-state index in [1.54, 1.807) is 43.5 Å². The second-order valence-electron chi connectivity index (χ2n) is 7.81. The predicted molar refractivity (Wildman–Crippen MR) is 119 cm³/mol. The average molecular weight is 423 g/mol. The van der Waals surface area contributed by atoms with E-state index in [0.717, 1.165) is 41.5 Å². The average Bonchev–Trinajstić information content (AvgIpc) is 2.74. The Kier molecular flexibility index (Phi) is 5.56. The van der Waals surface area contributed by atoms with Gasteiger partial charge in [-0.05, 0) is 92.1 Å². The maximum Gasteiger partial charge on any atom is 0.339 e. The predicted octanol–water partition coefficient (Wildman–Crippen LogP) is 5.63. The Labute approximate surface area is 178 Å². The number of hydrogen-bond acceptors (Lipinski definition) is 4. The number of aryl methyl sites for hydroxylation is 3. The smallest absolute Gasteiger partial charge is 0.339 e. The highest BCUT2D eigenvalue weighted by molar-refractivity contribution is 7.87. The van der Waals surface area contributed by atoms with Crippen LogP contribution in [0.3, 0.4) is 0 Å². The first-order valence-electron chi connectivity index (χ1n) is 10.2. The number of hydrogen-bond donors (Lipinski definition) is 0. The van der Waals surface area contributed by atoms with Crippen molar-refractivity contribution in [2.75, 3.05) is 7.11 Å². The monoisotopic (exact) mass is 422 g/mol. The molecule has 156 valence electrons. The van der Waals surface area contributed by atoms with Crippen molar-refractivity contribution in [1.29, 1.82) is 0 Å². The minimum Gasteiger partial charge on any atom is -0.497 e. The molecular formula is C25H26O4S. The zero-order valence-corrected chi connectivity index (χ0v) is 18.4. The van der Waals surface area contributed by atoms with Gasteiger partial charge in [-0.25, -0.2) is 0 Å². The molecule has 3 aromatic rings. The van der Waals surface area contributed by atoms with E-state index in [-0.39, 0.29) is 4.90 Å². The lowest BCUT2D eigenvalue weighted by molar-refractivity contribution is 0.414. The fraction of sp³-hybridized carbons (Fsp3) is 0.280. The van der Waals surface area contributed by atoms with Crippen molar-refractivity contribution < 1.29 is 17.3 Å². The summed E-state index contributed by atoms with van der Waals surface area (Å²) in [5.41, 5.74) is 6.51. The Morgan fingerprint density at radius 1 is 0.867 bits per heavy atom. The SMILES string of the molecule is COc1ccc(OS(=O)(=O)c2ccc(C)cc2)c(-c2c(C)ccc3c2CCCC3)c1. The maximum atomic E-state index is 13.0. The van der Waals surface area contributed by atoms with Gasteiger partial charge in [-0.2, -0.15) is 8.42 Å². The van der Waals surface area contributed by atoms with Crippen LogP contribution in [0.25, 0.3) is 11.1 Å². The standard InChI is InChI=1S/C25H26O4S/c1-17-8-13-21(14-9-17)30(26,27)29-24-15-12-20(28-3)16-23(24)25-18(2)10-11-19-6-4-5-7-22(19)25/h8-16H,4-7H2,1-3H3. The minimum atomic E-state index is -3.96. The van der Waals surface area contributed by atoms with Gasteiger partial charge in [0.25, 0.3) is 0 Å². The molecule has 30 heavy (non-hydrogen) atoms. The first kappa shape index (κ1) is 20.5. The van der Waals surface area contributed by atoms with Gasteiger partial charge in [0, 0.05) is 5.56 Å². The van der Waals surface area contributed by atoms with Crippen molar-refractivity contribution >= 4 is 10.1 Å². The summed E-state index contributed by atoms with van der Waals surface area (Å²) in [7, 11) is -2.35. The third-order valence-corrected chi connectivity index (χ3v) is 6.95. The molecule has 0 bridgehead atoms. The molecule has 0 saturated carbocycles. The van der Waals surface area contributed by atoms with E-state index in [1.165, 1.54) is 17.5 Å². The van der Waals surface area contributed by atoms with Crippen LogP contribution in [0.2, 0.25) is 0 Å². The maximum absolute atomic E-state index is 13.0. The summed E-state index contributed by atoms with van der Waals surface area (Å²) < 4.78 is 37.1. The molecule has 0 aliphatic heterocycles. The lowest BCUT2D eigenvalue weighted by Gasteiger charge is -2.23. The zero-order chi connectivity index (χ0) is 21.3. The number of benzene rings is 3. The van der Waals surface area contributed by atoms with E-state index >= 15 is 0 Å². The van der Waals surface area contributed by atoms with Crippen LogP contribution in [-0.2, 0) is 23.0 Å². The van der Waals surface area contributed by atoms with E-state index in [1.807, 2.05) is 13.0 Å². The van der Waals surface area contributed by atoms with Crippen LogP contribution in [-0.4, -0.2) is 15.5 Å². The Morgan fingerprint density at radius 3 is 2.33 bits per heavy atom. The Hall–Kier alpha value is -2.79. The van der Waals surface area contributed by atoms with E-state index in [9.17, 15) is 8.42 Å². The van der Waals surface area contributed by atoms with Gasteiger partial charge in [0.2, 0.25) is 0 Å². The lowest BCUT2D eigenvalue weighted by Crippen LogP contribution is -2.11. The van der Waals surface area contributed by atoms with Crippen molar-refractivity contribution in [1.82, 2.24) is 0 Å². The van der Waals surface area contributed by atoms with Crippen LogP contribution in [0, 0.1) is 13.8 Å². The van der Waals surface area contributed by atoms with Gasteiger partial charge >= 0.3 is 10.1 Å². The van der Waals surface area contributed by atoms with Crippen LogP contribution >= 0.6 is 0 Å². The summed E-state index contributed by atoms with van der Waals surface area (Å²) in [6, 6.07) is 16.3. The summed E-state index contributed by atoms with van der Waals surface area (Å²) in [4.78, 5) is 0.140. The summed E-state index contributed by atoms with van der Waals surface area (Å²) in [6.07, 6.45) is 4.34. The highest BCUT2D eigenvalue weighted by atomic mass is 32.2. The summed E-state index contributed by atoms with van der Waals surface area (Å²) in [5.74, 6) is 0.983. The van der Waals surface area contributed by atoms with Crippen LogP contribution in [0.15, 0.2) is 59.5 Å². The van der Waals surface area contributed by atoms with E-state index in [2.05, 4.69) is 19.1 Å². The molecular weight excluding hydrogens is 396 g/mol. The van der Waals surface area contributed by atoms with Crippen molar-refractivity contribution in [3.63, 3.8) is 0 Å². The molecule has 1 aliphatic rings. The zero-order valence-electron chi connectivity index (χ0n) is 17.6. The van der Waals surface area contributed by atoms with E-state index in [4.69, 9.17) is 8.92 Å². The number of fused-ring (bicyclic) bond motifs is 1. The highest BCUT2D eigenvalue weighted by Crippen LogP contribution is 2.41. The molecule has 1 aliphatic carbocycles.